The molecule has 0 unspecified atom stereocenters. The first kappa shape index (κ1) is 24.0. The van der Waals surface area contributed by atoms with Gasteiger partial charge in [0, 0.05) is 10.1 Å². The van der Waals surface area contributed by atoms with Crippen LogP contribution in [0.2, 0.25) is 0 Å². The third-order valence-corrected chi connectivity index (χ3v) is 6.05. The molecule has 6 heteroatoms. The van der Waals surface area contributed by atoms with Gasteiger partial charge in [0.05, 0.1) is 4.47 Å². The third kappa shape index (κ3) is 7.50. The number of hydrogen-bond donors (Lipinski definition) is 1. The zero-order valence-corrected chi connectivity index (χ0v) is 21.1. The number of nitrogens with one attached hydrogen (secondary N) is 1. The molecule has 32 heavy (non-hydrogen) atoms. The van der Waals surface area contributed by atoms with Crippen molar-refractivity contribution in [1.29, 1.82) is 5.26 Å². The van der Waals surface area contributed by atoms with E-state index in [2.05, 4.69) is 56.0 Å². The minimum atomic E-state index is -0.365. The Morgan fingerprint density at radius 3 is 2.50 bits per heavy atom. The number of halogens is 2. The van der Waals surface area contributed by atoms with Crippen molar-refractivity contribution >= 4 is 50.5 Å². The lowest BCUT2D eigenvalue weighted by atomic mass is 10.1. The quantitative estimate of drug-likeness (QED) is 0.136. The number of ether oxygens (including phenoxy) is 1. The summed E-state index contributed by atoms with van der Waals surface area (Å²) in [5.41, 5.74) is 3.13. The summed E-state index contributed by atoms with van der Waals surface area (Å²) in [6.07, 6.45) is 3.27. The van der Waals surface area contributed by atoms with Crippen LogP contribution >= 0.6 is 38.5 Å². The molecule has 3 aromatic rings. The van der Waals surface area contributed by atoms with Gasteiger partial charge in [-0.25, -0.2) is 0 Å². The summed E-state index contributed by atoms with van der Waals surface area (Å²) in [6.45, 7) is 0.974. The number of carbonyl (C=O) groups excluding carboxylic acids is 1. The van der Waals surface area contributed by atoms with E-state index in [-0.39, 0.29) is 11.5 Å². The molecule has 0 spiro atoms. The van der Waals surface area contributed by atoms with Gasteiger partial charge in [-0.2, -0.15) is 5.26 Å². The van der Waals surface area contributed by atoms with E-state index in [4.69, 9.17) is 4.74 Å². The lowest BCUT2D eigenvalue weighted by molar-refractivity contribution is -0.117. The number of aryl methyl sites for hydroxylation is 1. The van der Waals surface area contributed by atoms with Crippen molar-refractivity contribution < 1.29 is 9.53 Å². The molecule has 162 valence electrons. The molecule has 0 atom stereocenters. The zero-order valence-electron chi connectivity index (χ0n) is 17.4. The molecule has 0 aliphatic heterocycles. The predicted molar refractivity (Wildman–Crippen MR) is 139 cm³/mol. The van der Waals surface area contributed by atoms with E-state index >= 15 is 0 Å². The summed E-state index contributed by atoms with van der Waals surface area (Å²) in [4.78, 5) is 12.4. The molecule has 4 nitrogen and oxygen atoms in total. The molecule has 3 rings (SSSR count). The van der Waals surface area contributed by atoms with Gasteiger partial charge in [-0.05, 0) is 98.4 Å². The highest BCUT2D eigenvalue weighted by Crippen LogP contribution is 2.28. The maximum atomic E-state index is 12.4. The average Bonchev–Trinajstić information content (AvgIpc) is 2.81. The van der Waals surface area contributed by atoms with Crippen molar-refractivity contribution in [1.82, 2.24) is 5.32 Å². The predicted octanol–water partition coefficient (Wildman–Crippen LogP) is 6.29. The molecular formula is C26H22BrIN2O2. The minimum Gasteiger partial charge on any atom is -0.488 e. The Morgan fingerprint density at radius 1 is 1.06 bits per heavy atom. The lowest BCUT2D eigenvalue weighted by Crippen LogP contribution is -2.25. The summed E-state index contributed by atoms with van der Waals surface area (Å²) in [5, 5.41) is 12.3. The topological polar surface area (TPSA) is 62.1 Å². The molecule has 0 aliphatic carbocycles. The summed E-state index contributed by atoms with van der Waals surface area (Å²) >= 11 is 5.78. The number of hydrogen-bond acceptors (Lipinski definition) is 3. The summed E-state index contributed by atoms with van der Waals surface area (Å²) in [7, 11) is 0. The molecule has 0 aliphatic rings. The summed E-state index contributed by atoms with van der Waals surface area (Å²) in [6, 6.07) is 25.7. The van der Waals surface area contributed by atoms with Gasteiger partial charge < -0.3 is 10.1 Å². The SMILES string of the molecule is N#C/C(=C/c1ccc(OCc2ccc(I)cc2)c(Br)c1)C(=O)NCCCc1ccccc1. The van der Waals surface area contributed by atoms with Crippen LogP contribution in [0.3, 0.4) is 0 Å². The average molecular weight is 601 g/mol. The number of nitriles is 1. The second-order valence-corrected chi connectivity index (χ2v) is 9.22. The van der Waals surface area contributed by atoms with Crippen molar-refractivity contribution in [3.63, 3.8) is 0 Å². The van der Waals surface area contributed by atoms with Crippen LogP contribution in [0.15, 0.2) is 82.8 Å². The van der Waals surface area contributed by atoms with E-state index in [1.165, 1.54) is 9.13 Å². The highest BCUT2D eigenvalue weighted by molar-refractivity contribution is 14.1. The highest BCUT2D eigenvalue weighted by Gasteiger charge is 2.10. The van der Waals surface area contributed by atoms with Crippen LogP contribution in [0.25, 0.3) is 6.08 Å². The lowest BCUT2D eigenvalue weighted by Gasteiger charge is -2.09. The molecule has 1 N–H and O–H groups in total. The molecule has 0 saturated carbocycles. The van der Waals surface area contributed by atoms with Crippen molar-refractivity contribution in [3.05, 3.63) is 103 Å². The van der Waals surface area contributed by atoms with Crippen LogP contribution in [0.5, 0.6) is 5.75 Å². The van der Waals surface area contributed by atoms with Crippen molar-refractivity contribution in [2.24, 2.45) is 0 Å². The van der Waals surface area contributed by atoms with E-state index in [0.717, 1.165) is 28.4 Å². The standard InChI is InChI=1S/C26H22BrIN2O2/c27-24-16-21(10-13-25(24)32-18-20-8-11-23(28)12-9-20)15-22(17-29)26(31)30-14-4-7-19-5-2-1-3-6-19/h1-3,5-6,8-13,15-16H,4,7,14,18H2,(H,30,31)/b22-15-. The van der Waals surface area contributed by atoms with Gasteiger partial charge in [0.2, 0.25) is 0 Å². The number of amides is 1. The Hall–Kier alpha value is -2.63. The van der Waals surface area contributed by atoms with Crippen LogP contribution in [-0.2, 0) is 17.8 Å². The third-order valence-electron chi connectivity index (χ3n) is 4.71. The van der Waals surface area contributed by atoms with Crippen molar-refractivity contribution in [2.75, 3.05) is 6.54 Å². The van der Waals surface area contributed by atoms with E-state index in [0.29, 0.717) is 18.9 Å². The Kier molecular flexibility index (Phi) is 9.32. The normalized spacial score (nSPS) is 11.0. The van der Waals surface area contributed by atoms with Crippen molar-refractivity contribution in [2.45, 2.75) is 19.4 Å². The summed E-state index contributed by atoms with van der Waals surface area (Å²) < 4.78 is 7.82. The molecule has 3 aromatic carbocycles. The van der Waals surface area contributed by atoms with Gasteiger partial charge >= 0.3 is 0 Å². The fourth-order valence-electron chi connectivity index (χ4n) is 3.02. The van der Waals surface area contributed by atoms with Gasteiger partial charge in [0.25, 0.3) is 5.91 Å². The number of nitrogens with zero attached hydrogens (tertiary/aromatic N) is 1. The fourth-order valence-corrected chi connectivity index (χ4v) is 3.89. The first-order chi connectivity index (χ1) is 15.5. The van der Waals surface area contributed by atoms with Crippen LogP contribution in [0.1, 0.15) is 23.1 Å². The van der Waals surface area contributed by atoms with Gasteiger partial charge in [0.1, 0.15) is 24.0 Å². The maximum absolute atomic E-state index is 12.4. The number of carbonyl (C=O) groups is 1. The molecule has 0 fully saturated rings. The van der Waals surface area contributed by atoms with Crippen LogP contribution < -0.4 is 10.1 Å². The van der Waals surface area contributed by atoms with E-state index in [1.54, 1.807) is 6.08 Å². The van der Waals surface area contributed by atoms with Crippen molar-refractivity contribution in [3.8, 4) is 11.8 Å². The smallest absolute Gasteiger partial charge is 0.261 e. The fraction of sp³-hybridized carbons (Fsp3) is 0.154. The van der Waals surface area contributed by atoms with Gasteiger partial charge in [-0.1, -0.05) is 48.5 Å². The molecule has 0 radical (unpaired) electrons. The second kappa shape index (κ2) is 12.4. The first-order valence-electron chi connectivity index (χ1n) is 10.2. The Balaban J connectivity index is 1.55. The van der Waals surface area contributed by atoms with E-state index in [1.807, 2.05) is 66.7 Å². The monoisotopic (exact) mass is 600 g/mol. The molecule has 1 amide bonds. The Bertz CT molecular complexity index is 1120. The van der Waals surface area contributed by atoms with E-state index in [9.17, 15) is 10.1 Å². The largest absolute Gasteiger partial charge is 0.488 e. The van der Waals surface area contributed by atoms with Gasteiger partial charge in [-0.3, -0.25) is 4.79 Å². The molecule has 0 heterocycles. The molecule has 0 saturated heterocycles. The minimum absolute atomic E-state index is 0.0733. The van der Waals surface area contributed by atoms with Gasteiger partial charge in [-0.15, -0.1) is 0 Å². The van der Waals surface area contributed by atoms with Crippen LogP contribution in [-0.4, -0.2) is 12.5 Å². The summed E-state index contributed by atoms with van der Waals surface area (Å²) in [5.74, 6) is 0.334. The van der Waals surface area contributed by atoms with E-state index < -0.39 is 0 Å². The Morgan fingerprint density at radius 2 is 1.81 bits per heavy atom. The highest BCUT2D eigenvalue weighted by atomic mass is 127. The molecule has 0 aromatic heterocycles. The molecular weight excluding hydrogens is 579 g/mol. The van der Waals surface area contributed by atoms with Gasteiger partial charge in [0.15, 0.2) is 0 Å². The first-order valence-corrected chi connectivity index (χ1v) is 12.0. The number of benzene rings is 3. The Labute approximate surface area is 210 Å². The van der Waals surface area contributed by atoms with Crippen LogP contribution in [0, 0.1) is 14.9 Å². The number of rotatable bonds is 9. The zero-order chi connectivity index (χ0) is 22.8. The second-order valence-electron chi connectivity index (χ2n) is 7.12. The maximum Gasteiger partial charge on any atom is 0.261 e. The molecule has 0 bridgehead atoms. The van der Waals surface area contributed by atoms with Crippen LogP contribution in [0.4, 0.5) is 0 Å².